The number of rotatable bonds is 3. The topological polar surface area (TPSA) is 65.7 Å². The van der Waals surface area contributed by atoms with Crippen molar-refractivity contribution in [2.24, 2.45) is 0 Å². The zero-order valence-electron chi connectivity index (χ0n) is 12.7. The van der Waals surface area contributed by atoms with E-state index in [4.69, 9.17) is 4.52 Å². The number of thiophene rings is 1. The molecule has 1 aliphatic heterocycles. The molecule has 0 aliphatic carbocycles. The molecule has 0 N–H and O–H groups in total. The third-order valence-electron chi connectivity index (χ3n) is 3.63. The Labute approximate surface area is 133 Å². The molecule has 2 amide bonds. The highest BCUT2D eigenvalue weighted by atomic mass is 32.1. The Bertz CT molecular complexity index is 617. The first-order valence-corrected chi connectivity index (χ1v) is 8.11. The van der Waals surface area contributed by atoms with Crippen LogP contribution in [-0.2, 0) is 6.54 Å². The van der Waals surface area contributed by atoms with Crippen molar-refractivity contribution in [3.05, 3.63) is 22.7 Å². The molecular weight excluding hydrogens is 302 g/mol. The molecule has 22 heavy (non-hydrogen) atoms. The van der Waals surface area contributed by atoms with Crippen LogP contribution in [0.15, 0.2) is 21.3 Å². The van der Waals surface area contributed by atoms with Crippen LogP contribution in [0.3, 0.4) is 0 Å². The van der Waals surface area contributed by atoms with Crippen molar-refractivity contribution < 1.29 is 9.32 Å². The van der Waals surface area contributed by atoms with Gasteiger partial charge in [-0.2, -0.15) is 16.3 Å². The van der Waals surface area contributed by atoms with Crippen molar-refractivity contribution >= 4 is 17.4 Å². The van der Waals surface area contributed by atoms with Gasteiger partial charge in [0.05, 0.1) is 12.1 Å². The molecular formula is C14H19N5O2S. The van der Waals surface area contributed by atoms with Crippen LogP contribution in [0.4, 0.5) is 4.79 Å². The predicted molar refractivity (Wildman–Crippen MR) is 83.5 cm³/mol. The number of carbonyl (C=O) groups is 1. The number of aromatic nitrogens is 2. The van der Waals surface area contributed by atoms with Gasteiger partial charge in [-0.25, -0.2) is 4.79 Å². The second kappa shape index (κ2) is 6.45. The number of piperazine rings is 1. The average Bonchev–Trinajstić information content (AvgIpc) is 3.18. The van der Waals surface area contributed by atoms with Crippen molar-refractivity contribution in [1.29, 1.82) is 0 Å². The third-order valence-corrected chi connectivity index (χ3v) is 4.31. The first kappa shape index (κ1) is 15.0. The number of hydrogen-bond donors (Lipinski definition) is 0. The van der Waals surface area contributed by atoms with Gasteiger partial charge >= 0.3 is 6.03 Å². The van der Waals surface area contributed by atoms with Gasteiger partial charge in [0, 0.05) is 45.7 Å². The minimum Gasteiger partial charge on any atom is -0.334 e. The van der Waals surface area contributed by atoms with Gasteiger partial charge in [-0.15, -0.1) is 0 Å². The van der Waals surface area contributed by atoms with Crippen LogP contribution in [0, 0.1) is 0 Å². The summed E-state index contributed by atoms with van der Waals surface area (Å²) in [6.07, 6.45) is 0. The summed E-state index contributed by atoms with van der Waals surface area (Å²) in [6, 6.07) is 2.03. The molecule has 7 nitrogen and oxygen atoms in total. The van der Waals surface area contributed by atoms with Crippen LogP contribution in [0.2, 0.25) is 0 Å². The van der Waals surface area contributed by atoms with Crippen molar-refractivity contribution in [3.8, 4) is 11.5 Å². The maximum absolute atomic E-state index is 11.9. The quantitative estimate of drug-likeness (QED) is 0.859. The smallest absolute Gasteiger partial charge is 0.319 e. The molecule has 1 aliphatic rings. The molecule has 0 saturated carbocycles. The van der Waals surface area contributed by atoms with Crippen molar-refractivity contribution in [3.63, 3.8) is 0 Å². The van der Waals surface area contributed by atoms with E-state index in [1.54, 1.807) is 30.3 Å². The molecule has 2 aromatic rings. The van der Waals surface area contributed by atoms with Crippen LogP contribution in [0.1, 0.15) is 5.82 Å². The summed E-state index contributed by atoms with van der Waals surface area (Å²) in [7, 11) is 3.56. The Morgan fingerprint density at radius 1 is 1.36 bits per heavy atom. The van der Waals surface area contributed by atoms with E-state index in [1.807, 2.05) is 21.7 Å². The van der Waals surface area contributed by atoms with Crippen LogP contribution in [0.25, 0.3) is 11.5 Å². The molecule has 1 saturated heterocycles. The number of carbonyl (C=O) groups excluding carboxylic acids is 1. The number of amides is 2. The van der Waals surface area contributed by atoms with Crippen molar-refractivity contribution in [1.82, 2.24) is 24.8 Å². The summed E-state index contributed by atoms with van der Waals surface area (Å²) in [4.78, 5) is 22.0. The van der Waals surface area contributed by atoms with E-state index in [1.165, 1.54) is 0 Å². The molecule has 0 atom stereocenters. The van der Waals surface area contributed by atoms with Gasteiger partial charge in [0.2, 0.25) is 0 Å². The first-order valence-electron chi connectivity index (χ1n) is 7.17. The van der Waals surface area contributed by atoms with Gasteiger partial charge in [-0.1, -0.05) is 5.16 Å². The lowest BCUT2D eigenvalue weighted by Gasteiger charge is -2.35. The molecule has 1 fully saturated rings. The average molecular weight is 321 g/mol. The highest BCUT2D eigenvalue weighted by molar-refractivity contribution is 7.08. The van der Waals surface area contributed by atoms with E-state index in [9.17, 15) is 4.79 Å². The van der Waals surface area contributed by atoms with E-state index in [-0.39, 0.29) is 6.03 Å². The van der Waals surface area contributed by atoms with Crippen molar-refractivity contribution in [2.45, 2.75) is 6.54 Å². The molecule has 0 bridgehead atoms. The van der Waals surface area contributed by atoms with Gasteiger partial charge in [0.25, 0.3) is 5.89 Å². The summed E-state index contributed by atoms with van der Waals surface area (Å²) < 4.78 is 5.29. The fourth-order valence-corrected chi connectivity index (χ4v) is 3.03. The van der Waals surface area contributed by atoms with E-state index < -0.39 is 0 Å². The van der Waals surface area contributed by atoms with Gasteiger partial charge in [0.15, 0.2) is 5.82 Å². The molecule has 0 aromatic carbocycles. The Hall–Kier alpha value is -1.93. The van der Waals surface area contributed by atoms with Crippen LogP contribution >= 0.6 is 11.3 Å². The lowest BCUT2D eigenvalue weighted by atomic mass is 10.3. The van der Waals surface area contributed by atoms with Crippen molar-refractivity contribution in [2.75, 3.05) is 40.3 Å². The van der Waals surface area contributed by atoms with Gasteiger partial charge in [0.1, 0.15) is 0 Å². The van der Waals surface area contributed by atoms with E-state index in [0.29, 0.717) is 18.3 Å². The van der Waals surface area contributed by atoms with E-state index in [0.717, 1.165) is 31.7 Å². The van der Waals surface area contributed by atoms with Gasteiger partial charge in [-0.3, -0.25) is 4.90 Å². The molecule has 3 rings (SSSR count). The SMILES string of the molecule is CN(C)C(=O)N1CCN(Cc2noc(-c3ccsc3)n2)CC1. The molecule has 2 aromatic heterocycles. The highest BCUT2D eigenvalue weighted by Crippen LogP contribution is 2.20. The normalized spacial score (nSPS) is 16.0. The third kappa shape index (κ3) is 3.28. The first-order chi connectivity index (χ1) is 10.6. The summed E-state index contributed by atoms with van der Waals surface area (Å²) in [5.74, 6) is 1.26. The fourth-order valence-electron chi connectivity index (χ4n) is 2.40. The monoisotopic (exact) mass is 321 g/mol. The molecule has 0 spiro atoms. The zero-order valence-corrected chi connectivity index (χ0v) is 13.5. The maximum atomic E-state index is 11.9. The summed E-state index contributed by atoms with van der Waals surface area (Å²) in [6.45, 7) is 3.75. The summed E-state index contributed by atoms with van der Waals surface area (Å²) in [5.41, 5.74) is 0.963. The van der Waals surface area contributed by atoms with Crippen LogP contribution in [-0.4, -0.2) is 71.1 Å². The molecule has 0 unspecified atom stereocenters. The molecule has 3 heterocycles. The zero-order chi connectivity index (χ0) is 15.5. The largest absolute Gasteiger partial charge is 0.334 e. The van der Waals surface area contributed by atoms with Crippen LogP contribution < -0.4 is 0 Å². The van der Waals surface area contributed by atoms with E-state index >= 15 is 0 Å². The molecule has 118 valence electrons. The number of hydrogen-bond acceptors (Lipinski definition) is 6. The minimum absolute atomic E-state index is 0.0685. The summed E-state index contributed by atoms with van der Waals surface area (Å²) >= 11 is 1.60. The van der Waals surface area contributed by atoms with E-state index in [2.05, 4.69) is 15.0 Å². The summed E-state index contributed by atoms with van der Waals surface area (Å²) in [5, 5.41) is 8.01. The second-order valence-electron chi connectivity index (χ2n) is 5.47. The standard InChI is InChI=1S/C14H19N5O2S/c1-17(2)14(20)19-6-4-18(5-7-19)9-12-15-13(21-16-12)11-3-8-22-10-11/h3,8,10H,4-7,9H2,1-2H3. The van der Waals surface area contributed by atoms with Crippen LogP contribution in [0.5, 0.6) is 0 Å². The van der Waals surface area contributed by atoms with Gasteiger partial charge in [-0.05, 0) is 11.4 Å². The minimum atomic E-state index is 0.0685. The maximum Gasteiger partial charge on any atom is 0.319 e. The Balaban J connectivity index is 1.54. The number of urea groups is 1. The molecule has 8 heteroatoms. The lowest BCUT2D eigenvalue weighted by molar-refractivity contribution is 0.118. The second-order valence-corrected chi connectivity index (χ2v) is 6.25. The Morgan fingerprint density at radius 3 is 2.77 bits per heavy atom. The lowest BCUT2D eigenvalue weighted by Crippen LogP contribution is -2.51. The van der Waals surface area contributed by atoms with Gasteiger partial charge < -0.3 is 14.3 Å². The fraction of sp³-hybridized carbons (Fsp3) is 0.500. The molecule has 0 radical (unpaired) electrons. The predicted octanol–water partition coefficient (Wildman–Crippen LogP) is 1.60. The number of nitrogens with zero attached hydrogens (tertiary/aromatic N) is 5. The Morgan fingerprint density at radius 2 is 2.14 bits per heavy atom. The Kier molecular flexibility index (Phi) is 4.39. The highest BCUT2D eigenvalue weighted by Gasteiger charge is 2.23.